The Bertz CT molecular complexity index is 2250. The maximum absolute atomic E-state index is 2.50. The van der Waals surface area contributed by atoms with Crippen LogP contribution in [0, 0.1) is 31.6 Å². The molecule has 1 nitrogen and oxygen atoms in total. The molecule has 5 aliphatic carbocycles. The second kappa shape index (κ2) is 11.8. The smallest absolute Gasteiger partial charge is 0.0520 e. The van der Waals surface area contributed by atoms with Gasteiger partial charge in [0.05, 0.1) is 5.69 Å². The highest BCUT2D eigenvalue weighted by Crippen LogP contribution is 2.61. The summed E-state index contributed by atoms with van der Waals surface area (Å²) in [6.07, 6.45) is 8.73. The average Bonchev–Trinajstić information content (AvgIpc) is 3.38. The van der Waals surface area contributed by atoms with Crippen LogP contribution in [0.2, 0.25) is 0 Å². The summed E-state index contributed by atoms with van der Waals surface area (Å²) < 4.78 is 0. The summed E-state index contributed by atoms with van der Waals surface area (Å²) in [4.78, 5) is 2.50. The quantitative estimate of drug-likeness (QED) is 0.170. The summed E-state index contributed by atoms with van der Waals surface area (Å²) in [5, 5.41) is 0. The predicted molar refractivity (Wildman–Crippen MR) is 219 cm³/mol. The number of hydrogen-bond acceptors (Lipinski definition) is 1. The monoisotopic (exact) mass is 675 g/mol. The van der Waals surface area contributed by atoms with Gasteiger partial charge >= 0.3 is 0 Å². The molecule has 0 N–H and O–H groups in total. The molecule has 0 aromatic heterocycles. The fourth-order valence-corrected chi connectivity index (χ4v) is 11.6. The first kappa shape index (κ1) is 31.8. The molecule has 258 valence electrons. The van der Waals surface area contributed by atoms with Crippen molar-refractivity contribution in [2.75, 3.05) is 4.90 Å². The van der Waals surface area contributed by atoms with Gasteiger partial charge in [-0.15, -0.1) is 0 Å². The zero-order valence-electron chi connectivity index (χ0n) is 31.1. The summed E-state index contributed by atoms with van der Waals surface area (Å²) in [5.74, 6) is 2.90. The zero-order valence-corrected chi connectivity index (χ0v) is 31.1. The van der Waals surface area contributed by atoms with Crippen molar-refractivity contribution in [3.63, 3.8) is 0 Å². The van der Waals surface area contributed by atoms with Crippen molar-refractivity contribution in [2.45, 2.75) is 77.0 Å². The molecule has 0 atom stereocenters. The summed E-state index contributed by atoms with van der Waals surface area (Å²) in [6, 6.07) is 50.6. The van der Waals surface area contributed by atoms with Gasteiger partial charge in [-0.1, -0.05) is 111 Å². The highest BCUT2D eigenvalue weighted by Gasteiger charge is 2.51. The van der Waals surface area contributed by atoms with E-state index in [1.807, 2.05) is 0 Å². The van der Waals surface area contributed by atoms with Crippen LogP contribution in [-0.2, 0) is 10.8 Å². The highest BCUT2D eigenvalue weighted by molar-refractivity contribution is 5.88. The molecule has 4 saturated carbocycles. The van der Waals surface area contributed by atoms with Crippen molar-refractivity contribution in [3.8, 4) is 33.4 Å². The molecule has 6 aromatic carbocycles. The van der Waals surface area contributed by atoms with E-state index in [1.165, 1.54) is 111 Å². The van der Waals surface area contributed by atoms with E-state index in [4.69, 9.17) is 0 Å². The van der Waals surface area contributed by atoms with E-state index in [1.54, 1.807) is 5.56 Å². The van der Waals surface area contributed by atoms with Gasteiger partial charge in [-0.05, 0) is 173 Å². The van der Waals surface area contributed by atoms with Gasteiger partial charge in [0, 0.05) is 16.8 Å². The molecular weight excluding hydrogens is 627 g/mol. The van der Waals surface area contributed by atoms with Crippen LogP contribution in [-0.4, -0.2) is 0 Å². The van der Waals surface area contributed by atoms with Gasteiger partial charge in [-0.3, -0.25) is 0 Å². The Balaban J connectivity index is 1.04. The third-order valence-corrected chi connectivity index (χ3v) is 13.6. The summed E-state index contributed by atoms with van der Waals surface area (Å²) in [5.41, 5.74) is 18.8. The van der Waals surface area contributed by atoms with Gasteiger partial charge in [0.1, 0.15) is 0 Å². The van der Waals surface area contributed by atoms with Crippen LogP contribution in [0.1, 0.15) is 80.2 Å². The van der Waals surface area contributed by atoms with Gasteiger partial charge in [-0.25, -0.2) is 0 Å². The first-order valence-corrected chi connectivity index (χ1v) is 19.7. The molecule has 0 aliphatic heterocycles. The van der Waals surface area contributed by atoms with Crippen molar-refractivity contribution in [2.24, 2.45) is 17.8 Å². The lowest BCUT2D eigenvalue weighted by Gasteiger charge is -2.57. The van der Waals surface area contributed by atoms with Crippen molar-refractivity contribution in [1.29, 1.82) is 0 Å². The van der Waals surface area contributed by atoms with Crippen molar-refractivity contribution in [1.82, 2.24) is 0 Å². The van der Waals surface area contributed by atoms with E-state index in [0.29, 0.717) is 5.41 Å². The van der Waals surface area contributed by atoms with Crippen LogP contribution in [0.25, 0.3) is 33.4 Å². The van der Waals surface area contributed by atoms with Crippen molar-refractivity contribution in [3.05, 3.63) is 161 Å². The normalized spacial score (nSPS) is 23.3. The van der Waals surface area contributed by atoms with Gasteiger partial charge < -0.3 is 4.90 Å². The maximum Gasteiger partial charge on any atom is 0.0520 e. The molecule has 0 saturated heterocycles. The second-order valence-corrected chi connectivity index (χ2v) is 17.4. The number of nitrogens with zero attached hydrogens (tertiary/aromatic N) is 1. The number of anilines is 3. The van der Waals surface area contributed by atoms with E-state index in [2.05, 4.69) is 166 Å². The fourth-order valence-electron chi connectivity index (χ4n) is 11.6. The molecule has 6 aromatic rings. The van der Waals surface area contributed by atoms with Crippen LogP contribution in [0.3, 0.4) is 0 Å². The van der Waals surface area contributed by atoms with Crippen LogP contribution >= 0.6 is 0 Å². The predicted octanol–water partition coefficient (Wildman–Crippen LogP) is 13.9. The van der Waals surface area contributed by atoms with Gasteiger partial charge in [0.2, 0.25) is 0 Å². The summed E-state index contributed by atoms with van der Waals surface area (Å²) in [6.45, 7) is 9.35. The number of rotatable bonds is 6. The van der Waals surface area contributed by atoms with Gasteiger partial charge in [0.15, 0.2) is 0 Å². The third-order valence-electron chi connectivity index (χ3n) is 13.6. The Kier molecular flexibility index (Phi) is 7.23. The number of fused-ring (bicyclic) bond motifs is 3. The Morgan fingerprint density at radius 3 is 1.65 bits per heavy atom. The van der Waals surface area contributed by atoms with Crippen LogP contribution < -0.4 is 4.90 Å². The first-order valence-electron chi connectivity index (χ1n) is 19.7. The molecule has 0 spiro atoms. The molecule has 52 heavy (non-hydrogen) atoms. The van der Waals surface area contributed by atoms with E-state index in [9.17, 15) is 0 Å². The molecular formula is C51H49N. The lowest BCUT2D eigenvalue weighted by Crippen LogP contribution is -2.48. The molecule has 5 aliphatic rings. The Morgan fingerprint density at radius 1 is 0.481 bits per heavy atom. The van der Waals surface area contributed by atoms with E-state index in [0.717, 1.165) is 17.8 Å². The third kappa shape index (κ3) is 5.03. The van der Waals surface area contributed by atoms with E-state index in [-0.39, 0.29) is 5.41 Å². The molecule has 0 unspecified atom stereocenters. The second-order valence-electron chi connectivity index (χ2n) is 17.4. The Hall–Kier alpha value is -4.88. The van der Waals surface area contributed by atoms with Gasteiger partial charge in [0.25, 0.3) is 0 Å². The minimum absolute atomic E-state index is 0.0684. The molecule has 4 fully saturated rings. The maximum atomic E-state index is 2.50. The fraction of sp³-hybridized carbons (Fsp3) is 0.294. The molecule has 4 bridgehead atoms. The van der Waals surface area contributed by atoms with Crippen molar-refractivity contribution < 1.29 is 0 Å². The first-order chi connectivity index (χ1) is 25.3. The Morgan fingerprint density at radius 2 is 1.00 bits per heavy atom. The minimum Gasteiger partial charge on any atom is -0.310 e. The SMILES string of the molecule is Cc1cc(-c2ccc(C34CC5CC(CC(C5)C3)C4)cc2)cc(C)c1N(c1ccc(-c2ccccc2)cc1)c1ccc2c(c1)C(C)(C)c1ccccc1-2. The average molecular weight is 676 g/mol. The minimum atomic E-state index is -0.0684. The van der Waals surface area contributed by atoms with Crippen LogP contribution in [0.4, 0.5) is 17.1 Å². The molecule has 0 radical (unpaired) electrons. The standard InChI is InChI=1S/C51H49N/c1-33-24-41(40-14-18-42(19-15-40)51-30-35-26-36(31-51)28-37(27-35)32-51)25-34(2)49(33)52(43-20-16-39(17-21-43)38-10-6-5-7-11-38)44-22-23-46-45-12-8-9-13-47(45)50(3,4)48(46)29-44/h5-25,29,35-37H,26-28,30-32H2,1-4H3. The van der Waals surface area contributed by atoms with Gasteiger partial charge in [-0.2, -0.15) is 0 Å². The largest absolute Gasteiger partial charge is 0.310 e. The molecule has 11 rings (SSSR count). The van der Waals surface area contributed by atoms with E-state index < -0.39 is 0 Å². The van der Waals surface area contributed by atoms with E-state index >= 15 is 0 Å². The topological polar surface area (TPSA) is 3.24 Å². The lowest BCUT2D eigenvalue weighted by atomic mass is 9.48. The zero-order chi connectivity index (χ0) is 35.2. The summed E-state index contributed by atoms with van der Waals surface area (Å²) >= 11 is 0. The molecule has 0 heterocycles. The Labute approximate surface area is 310 Å². The molecule has 1 heteroatoms. The number of aryl methyl sites for hydroxylation is 2. The number of hydrogen-bond donors (Lipinski definition) is 0. The highest BCUT2D eigenvalue weighted by atomic mass is 15.1. The van der Waals surface area contributed by atoms with Crippen molar-refractivity contribution >= 4 is 17.1 Å². The van der Waals surface area contributed by atoms with Crippen LogP contribution in [0.5, 0.6) is 0 Å². The molecule has 0 amide bonds. The summed E-state index contributed by atoms with van der Waals surface area (Å²) in [7, 11) is 0. The lowest BCUT2D eigenvalue weighted by molar-refractivity contribution is -0.00518. The van der Waals surface area contributed by atoms with Crippen LogP contribution in [0.15, 0.2) is 133 Å². The number of benzene rings is 6.